The van der Waals surface area contributed by atoms with E-state index in [1.807, 2.05) is 12.1 Å². The normalized spacial score (nSPS) is 12.2. The van der Waals surface area contributed by atoms with Gasteiger partial charge in [-0.1, -0.05) is 30.7 Å². The van der Waals surface area contributed by atoms with Crippen molar-refractivity contribution in [1.29, 1.82) is 0 Å². The fourth-order valence-electron chi connectivity index (χ4n) is 2.02. The van der Waals surface area contributed by atoms with E-state index >= 15 is 0 Å². The van der Waals surface area contributed by atoms with E-state index in [9.17, 15) is 0 Å². The van der Waals surface area contributed by atoms with Crippen molar-refractivity contribution < 1.29 is 4.74 Å². The summed E-state index contributed by atoms with van der Waals surface area (Å²) in [7, 11) is 1.73. The van der Waals surface area contributed by atoms with Crippen LogP contribution in [0.15, 0.2) is 30.9 Å². The average molecular weight is 233 g/mol. The third-order valence-corrected chi connectivity index (χ3v) is 2.87. The van der Waals surface area contributed by atoms with E-state index in [1.54, 1.807) is 7.11 Å². The second-order valence-electron chi connectivity index (χ2n) is 4.22. The number of methoxy groups -OCH3 is 1. The van der Waals surface area contributed by atoms with Crippen LogP contribution in [0.5, 0.6) is 5.75 Å². The molecule has 0 aliphatic heterocycles. The molecule has 2 nitrogen and oxygen atoms in total. The van der Waals surface area contributed by atoms with Crippen LogP contribution in [-0.4, -0.2) is 13.7 Å². The van der Waals surface area contributed by atoms with Crippen LogP contribution in [0.25, 0.3) is 0 Å². The minimum absolute atomic E-state index is 0.341. The zero-order valence-corrected chi connectivity index (χ0v) is 11.1. The molecular formula is C15H23NO. The summed E-state index contributed by atoms with van der Waals surface area (Å²) in [4.78, 5) is 0. The summed E-state index contributed by atoms with van der Waals surface area (Å²) >= 11 is 0. The van der Waals surface area contributed by atoms with E-state index in [4.69, 9.17) is 4.74 Å². The maximum atomic E-state index is 5.44. The van der Waals surface area contributed by atoms with Gasteiger partial charge in [0.05, 0.1) is 7.11 Å². The molecule has 0 saturated carbocycles. The lowest BCUT2D eigenvalue weighted by molar-refractivity contribution is 0.396. The van der Waals surface area contributed by atoms with Gasteiger partial charge in [-0.05, 0) is 32.4 Å². The number of ether oxygens (including phenoxy) is 1. The molecule has 1 N–H and O–H groups in total. The highest BCUT2D eigenvalue weighted by molar-refractivity contribution is 5.39. The third kappa shape index (κ3) is 3.90. The summed E-state index contributed by atoms with van der Waals surface area (Å²) in [6, 6.07) is 6.67. The Hall–Kier alpha value is -1.28. The maximum absolute atomic E-state index is 5.44. The van der Waals surface area contributed by atoms with Gasteiger partial charge in [-0.3, -0.25) is 0 Å². The van der Waals surface area contributed by atoms with Crippen molar-refractivity contribution in [2.45, 2.75) is 32.7 Å². The SMILES string of the molecule is C=CCCC(NCC)c1cc(C)ccc1OC. The van der Waals surface area contributed by atoms with Gasteiger partial charge in [0.25, 0.3) is 0 Å². The van der Waals surface area contributed by atoms with Gasteiger partial charge in [-0.25, -0.2) is 0 Å². The number of rotatable bonds is 7. The molecule has 0 fully saturated rings. The summed E-state index contributed by atoms with van der Waals surface area (Å²) in [5, 5.41) is 3.51. The first-order chi connectivity index (χ1) is 8.22. The van der Waals surface area contributed by atoms with Crippen molar-refractivity contribution >= 4 is 0 Å². The summed E-state index contributed by atoms with van der Waals surface area (Å²) in [6.07, 6.45) is 4.03. The summed E-state index contributed by atoms with van der Waals surface area (Å²) in [6.45, 7) is 8.98. The van der Waals surface area contributed by atoms with Crippen molar-refractivity contribution in [3.8, 4) is 5.75 Å². The molecule has 1 unspecified atom stereocenters. The van der Waals surface area contributed by atoms with Crippen LogP contribution in [0, 0.1) is 6.92 Å². The Balaban J connectivity index is 2.97. The third-order valence-electron chi connectivity index (χ3n) is 2.87. The first kappa shape index (κ1) is 13.8. The fourth-order valence-corrected chi connectivity index (χ4v) is 2.02. The largest absolute Gasteiger partial charge is 0.496 e. The zero-order valence-electron chi connectivity index (χ0n) is 11.1. The minimum Gasteiger partial charge on any atom is -0.496 e. The molecule has 1 rings (SSSR count). The van der Waals surface area contributed by atoms with E-state index in [0.717, 1.165) is 25.1 Å². The molecule has 0 amide bonds. The lowest BCUT2D eigenvalue weighted by Crippen LogP contribution is -2.21. The Labute approximate surface area is 105 Å². The number of nitrogens with one attached hydrogen (secondary N) is 1. The molecule has 0 aromatic heterocycles. The molecule has 94 valence electrons. The van der Waals surface area contributed by atoms with E-state index in [-0.39, 0.29) is 0 Å². The van der Waals surface area contributed by atoms with E-state index in [0.29, 0.717) is 6.04 Å². The average Bonchev–Trinajstić information content (AvgIpc) is 2.34. The second-order valence-corrected chi connectivity index (χ2v) is 4.22. The summed E-state index contributed by atoms with van der Waals surface area (Å²) < 4.78 is 5.44. The Morgan fingerprint density at radius 3 is 2.82 bits per heavy atom. The molecule has 0 saturated heterocycles. The van der Waals surface area contributed by atoms with Crippen molar-refractivity contribution in [3.05, 3.63) is 42.0 Å². The summed E-state index contributed by atoms with van der Waals surface area (Å²) in [5.74, 6) is 0.964. The Kier molecular flexibility index (Phi) is 5.78. The van der Waals surface area contributed by atoms with Crippen molar-refractivity contribution in [1.82, 2.24) is 5.32 Å². The summed E-state index contributed by atoms with van der Waals surface area (Å²) in [5.41, 5.74) is 2.51. The Morgan fingerprint density at radius 1 is 1.47 bits per heavy atom. The number of benzene rings is 1. The van der Waals surface area contributed by atoms with Gasteiger partial charge in [0.1, 0.15) is 5.75 Å². The number of hydrogen-bond acceptors (Lipinski definition) is 2. The molecule has 0 radical (unpaired) electrons. The standard InChI is InChI=1S/C15H23NO/c1-5-7-8-14(16-6-2)13-11-12(3)9-10-15(13)17-4/h5,9-11,14,16H,1,6-8H2,2-4H3. The number of hydrogen-bond donors (Lipinski definition) is 1. The molecule has 2 heteroatoms. The molecule has 1 atom stereocenters. The predicted octanol–water partition coefficient (Wildman–Crippen LogP) is 3.62. The lowest BCUT2D eigenvalue weighted by atomic mass is 9.99. The van der Waals surface area contributed by atoms with Crippen molar-refractivity contribution in [2.24, 2.45) is 0 Å². The zero-order chi connectivity index (χ0) is 12.7. The van der Waals surface area contributed by atoms with Crippen molar-refractivity contribution in [2.75, 3.05) is 13.7 Å². The molecule has 17 heavy (non-hydrogen) atoms. The second kappa shape index (κ2) is 7.13. The smallest absolute Gasteiger partial charge is 0.123 e. The monoisotopic (exact) mass is 233 g/mol. The Bertz CT molecular complexity index is 360. The highest BCUT2D eigenvalue weighted by Crippen LogP contribution is 2.29. The van der Waals surface area contributed by atoms with Crippen LogP contribution in [-0.2, 0) is 0 Å². The number of allylic oxidation sites excluding steroid dienone is 1. The lowest BCUT2D eigenvalue weighted by Gasteiger charge is -2.20. The van der Waals surface area contributed by atoms with Crippen LogP contribution in [0.3, 0.4) is 0 Å². The molecule has 0 aliphatic carbocycles. The number of aryl methyl sites for hydroxylation is 1. The molecule has 0 heterocycles. The predicted molar refractivity (Wildman–Crippen MR) is 73.6 cm³/mol. The van der Waals surface area contributed by atoms with Crippen molar-refractivity contribution in [3.63, 3.8) is 0 Å². The quantitative estimate of drug-likeness (QED) is 0.726. The van der Waals surface area contributed by atoms with E-state index in [2.05, 4.69) is 37.9 Å². The van der Waals surface area contributed by atoms with Crippen LogP contribution in [0.1, 0.15) is 36.9 Å². The van der Waals surface area contributed by atoms with Crippen LogP contribution in [0.2, 0.25) is 0 Å². The van der Waals surface area contributed by atoms with Crippen LogP contribution in [0.4, 0.5) is 0 Å². The van der Waals surface area contributed by atoms with Crippen LogP contribution >= 0.6 is 0 Å². The molecule has 0 aliphatic rings. The molecule has 1 aromatic rings. The maximum Gasteiger partial charge on any atom is 0.123 e. The van der Waals surface area contributed by atoms with Gasteiger partial charge in [-0.2, -0.15) is 0 Å². The van der Waals surface area contributed by atoms with Gasteiger partial charge in [0, 0.05) is 11.6 Å². The molecule has 1 aromatic carbocycles. The molecule has 0 spiro atoms. The topological polar surface area (TPSA) is 21.3 Å². The molecular weight excluding hydrogens is 210 g/mol. The van der Waals surface area contributed by atoms with Gasteiger partial charge in [-0.15, -0.1) is 6.58 Å². The first-order valence-corrected chi connectivity index (χ1v) is 6.21. The highest BCUT2D eigenvalue weighted by atomic mass is 16.5. The van der Waals surface area contributed by atoms with E-state index in [1.165, 1.54) is 11.1 Å². The van der Waals surface area contributed by atoms with E-state index < -0.39 is 0 Å². The van der Waals surface area contributed by atoms with Gasteiger partial charge >= 0.3 is 0 Å². The molecule has 0 bridgehead atoms. The Morgan fingerprint density at radius 2 is 2.24 bits per heavy atom. The van der Waals surface area contributed by atoms with Gasteiger partial charge < -0.3 is 10.1 Å². The minimum atomic E-state index is 0.341. The first-order valence-electron chi connectivity index (χ1n) is 6.21. The van der Waals surface area contributed by atoms with Gasteiger partial charge in [0.15, 0.2) is 0 Å². The highest BCUT2D eigenvalue weighted by Gasteiger charge is 2.14. The van der Waals surface area contributed by atoms with Gasteiger partial charge in [0.2, 0.25) is 0 Å². The van der Waals surface area contributed by atoms with Crippen LogP contribution < -0.4 is 10.1 Å². The fraction of sp³-hybridized carbons (Fsp3) is 0.467.